The maximum absolute atomic E-state index is 9.38. The summed E-state index contributed by atoms with van der Waals surface area (Å²) in [6.07, 6.45) is 4.20. The zero-order valence-corrected chi connectivity index (χ0v) is 10.6. The second kappa shape index (κ2) is 7.25. The summed E-state index contributed by atoms with van der Waals surface area (Å²) in [5.74, 6) is 0.915. The van der Waals surface area contributed by atoms with Gasteiger partial charge in [0.25, 0.3) is 0 Å². The highest BCUT2D eigenvalue weighted by molar-refractivity contribution is 5.38. The number of rotatable bonds is 7. The first-order valence-corrected chi connectivity index (χ1v) is 6.11. The standard InChI is InChI=1S/C13H22N2O2/c1-11(17)12-6-7-13(14-10-12)15(2)8-4-3-5-9-16/h6-7,10-11,16-17H,3-5,8-9H2,1-2H3. The molecule has 0 aliphatic carbocycles. The predicted molar refractivity (Wildman–Crippen MR) is 69.1 cm³/mol. The summed E-state index contributed by atoms with van der Waals surface area (Å²) < 4.78 is 0. The van der Waals surface area contributed by atoms with Crippen molar-refractivity contribution in [2.75, 3.05) is 25.1 Å². The molecule has 1 rings (SSSR count). The maximum atomic E-state index is 9.38. The van der Waals surface area contributed by atoms with Crippen molar-refractivity contribution in [3.63, 3.8) is 0 Å². The molecule has 96 valence electrons. The fourth-order valence-corrected chi connectivity index (χ4v) is 1.62. The molecule has 1 heterocycles. The lowest BCUT2D eigenvalue weighted by molar-refractivity contribution is 0.199. The van der Waals surface area contributed by atoms with Crippen LogP contribution >= 0.6 is 0 Å². The normalized spacial score (nSPS) is 12.5. The second-order valence-electron chi connectivity index (χ2n) is 4.33. The van der Waals surface area contributed by atoms with Gasteiger partial charge in [0.1, 0.15) is 5.82 Å². The van der Waals surface area contributed by atoms with Crippen LogP contribution in [0.4, 0.5) is 5.82 Å². The first-order valence-electron chi connectivity index (χ1n) is 6.11. The van der Waals surface area contributed by atoms with Crippen molar-refractivity contribution in [1.29, 1.82) is 0 Å². The number of nitrogens with zero attached hydrogens (tertiary/aromatic N) is 2. The summed E-state index contributed by atoms with van der Waals surface area (Å²) in [5.41, 5.74) is 0.836. The number of pyridine rings is 1. The molecule has 17 heavy (non-hydrogen) atoms. The summed E-state index contributed by atoms with van der Waals surface area (Å²) >= 11 is 0. The molecule has 0 bridgehead atoms. The van der Waals surface area contributed by atoms with Gasteiger partial charge in [0.15, 0.2) is 0 Å². The smallest absolute Gasteiger partial charge is 0.128 e. The Balaban J connectivity index is 2.43. The topological polar surface area (TPSA) is 56.6 Å². The van der Waals surface area contributed by atoms with Crippen molar-refractivity contribution in [3.05, 3.63) is 23.9 Å². The van der Waals surface area contributed by atoms with Crippen LogP contribution in [0.1, 0.15) is 37.9 Å². The lowest BCUT2D eigenvalue weighted by Gasteiger charge is -2.18. The molecule has 1 atom stereocenters. The highest BCUT2D eigenvalue weighted by atomic mass is 16.3. The summed E-state index contributed by atoms with van der Waals surface area (Å²) in [7, 11) is 2.00. The molecular weight excluding hydrogens is 216 g/mol. The van der Waals surface area contributed by atoms with E-state index in [1.807, 2.05) is 19.2 Å². The van der Waals surface area contributed by atoms with E-state index in [9.17, 15) is 5.11 Å². The minimum atomic E-state index is -0.466. The van der Waals surface area contributed by atoms with Gasteiger partial charge in [-0.05, 0) is 37.8 Å². The Hall–Kier alpha value is -1.13. The van der Waals surface area contributed by atoms with E-state index in [0.29, 0.717) is 0 Å². The Kier molecular flexibility index (Phi) is 5.94. The molecule has 0 radical (unpaired) electrons. The fraction of sp³-hybridized carbons (Fsp3) is 0.615. The number of unbranched alkanes of at least 4 members (excludes halogenated alkanes) is 2. The first kappa shape index (κ1) is 13.9. The van der Waals surface area contributed by atoms with Crippen molar-refractivity contribution in [3.8, 4) is 0 Å². The Morgan fingerprint density at radius 3 is 2.59 bits per heavy atom. The lowest BCUT2D eigenvalue weighted by atomic mass is 10.2. The number of aliphatic hydroxyl groups excluding tert-OH is 2. The van der Waals surface area contributed by atoms with Gasteiger partial charge in [0.2, 0.25) is 0 Å². The molecule has 4 heteroatoms. The fourth-order valence-electron chi connectivity index (χ4n) is 1.62. The Morgan fingerprint density at radius 2 is 2.06 bits per heavy atom. The summed E-state index contributed by atoms with van der Waals surface area (Å²) in [6, 6.07) is 3.82. The van der Waals surface area contributed by atoms with Crippen LogP contribution in [0.25, 0.3) is 0 Å². The third kappa shape index (κ3) is 4.71. The van der Waals surface area contributed by atoms with Crippen LogP contribution in [0.2, 0.25) is 0 Å². The number of aromatic nitrogens is 1. The minimum Gasteiger partial charge on any atom is -0.396 e. The van der Waals surface area contributed by atoms with Crippen LogP contribution in [-0.2, 0) is 0 Å². The van der Waals surface area contributed by atoms with Gasteiger partial charge < -0.3 is 15.1 Å². The molecule has 1 aromatic heterocycles. The molecule has 1 unspecified atom stereocenters. The van der Waals surface area contributed by atoms with Gasteiger partial charge in [0, 0.05) is 26.4 Å². The quantitative estimate of drug-likeness (QED) is 0.710. The van der Waals surface area contributed by atoms with Gasteiger partial charge >= 0.3 is 0 Å². The minimum absolute atomic E-state index is 0.269. The average Bonchev–Trinajstić information content (AvgIpc) is 2.34. The summed E-state index contributed by atoms with van der Waals surface area (Å²) in [5, 5.41) is 18.1. The molecule has 0 amide bonds. The molecule has 0 aromatic carbocycles. The van der Waals surface area contributed by atoms with Crippen molar-refractivity contribution >= 4 is 5.82 Å². The van der Waals surface area contributed by atoms with Gasteiger partial charge in [-0.25, -0.2) is 4.98 Å². The molecule has 0 spiro atoms. The molecule has 0 saturated heterocycles. The van der Waals surface area contributed by atoms with Crippen LogP contribution in [0.5, 0.6) is 0 Å². The highest BCUT2D eigenvalue weighted by Gasteiger charge is 2.04. The van der Waals surface area contributed by atoms with E-state index < -0.39 is 6.10 Å². The van der Waals surface area contributed by atoms with E-state index in [1.165, 1.54) is 0 Å². The van der Waals surface area contributed by atoms with Gasteiger partial charge in [-0.3, -0.25) is 0 Å². The van der Waals surface area contributed by atoms with Gasteiger partial charge in [-0.2, -0.15) is 0 Å². The third-order valence-electron chi connectivity index (χ3n) is 2.80. The first-order chi connectivity index (χ1) is 8.15. The number of aliphatic hydroxyl groups is 2. The summed E-state index contributed by atoms with van der Waals surface area (Å²) in [6.45, 7) is 2.93. The lowest BCUT2D eigenvalue weighted by Crippen LogP contribution is -2.19. The molecule has 4 nitrogen and oxygen atoms in total. The van der Waals surface area contributed by atoms with E-state index in [4.69, 9.17) is 5.11 Å². The van der Waals surface area contributed by atoms with E-state index in [1.54, 1.807) is 13.1 Å². The molecular formula is C13H22N2O2. The average molecular weight is 238 g/mol. The van der Waals surface area contributed by atoms with Gasteiger partial charge in [-0.15, -0.1) is 0 Å². The summed E-state index contributed by atoms with van der Waals surface area (Å²) in [4.78, 5) is 6.40. The van der Waals surface area contributed by atoms with Crippen LogP contribution in [0, 0.1) is 0 Å². The second-order valence-corrected chi connectivity index (χ2v) is 4.33. The van der Waals surface area contributed by atoms with E-state index in [-0.39, 0.29) is 6.61 Å². The number of hydrogen-bond acceptors (Lipinski definition) is 4. The van der Waals surface area contributed by atoms with Crippen molar-refractivity contribution < 1.29 is 10.2 Å². The molecule has 0 saturated carbocycles. The molecule has 2 N–H and O–H groups in total. The Labute approximate surface area is 103 Å². The monoisotopic (exact) mass is 238 g/mol. The molecule has 1 aromatic rings. The zero-order valence-electron chi connectivity index (χ0n) is 10.6. The van der Waals surface area contributed by atoms with Crippen molar-refractivity contribution in [1.82, 2.24) is 4.98 Å². The number of anilines is 1. The highest BCUT2D eigenvalue weighted by Crippen LogP contribution is 2.15. The van der Waals surface area contributed by atoms with E-state index in [2.05, 4.69) is 9.88 Å². The van der Waals surface area contributed by atoms with Crippen LogP contribution in [0.3, 0.4) is 0 Å². The van der Waals surface area contributed by atoms with Gasteiger partial charge in [0.05, 0.1) is 6.10 Å². The largest absolute Gasteiger partial charge is 0.396 e. The number of hydrogen-bond donors (Lipinski definition) is 2. The van der Waals surface area contributed by atoms with Crippen molar-refractivity contribution in [2.24, 2.45) is 0 Å². The Morgan fingerprint density at radius 1 is 1.29 bits per heavy atom. The SMILES string of the molecule is CC(O)c1ccc(N(C)CCCCCO)nc1. The third-order valence-corrected chi connectivity index (χ3v) is 2.80. The van der Waals surface area contributed by atoms with Crippen LogP contribution < -0.4 is 4.90 Å². The van der Waals surface area contributed by atoms with Gasteiger partial charge in [-0.1, -0.05) is 6.07 Å². The predicted octanol–water partition coefficient (Wildman–Crippen LogP) is 1.73. The zero-order chi connectivity index (χ0) is 12.7. The van der Waals surface area contributed by atoms with Crippen LogP contribution in [-0.4, -0.2) is 35.4 Å². The molecule has 0 fully saturated rings. The van der Waals surface area contributed by atoms with E-state index >= 15 is 0 Å². The molecule has 0 aliphatic heterocycles. The van der Waals surface area contributed by atoms with E-state index in [0.717, 1.165) is 37.2 Å². The Bertz CT molecular complexity index is 312. The maximum Gasteiger partial charge on any atom is 0.128 e. The van der Waals surface area contributed by atoms with Crippen molar-refractivity contribution in [2.45, 2.75) is 32.3 Å². The van der Waals surface area contributed by atoms with Crippen LogP contribution in [0.15, 0.2) is 18.3 Å². The molecule has 0 aliphatic rings.